The van der Waals surface area contributed by atoms with Crippen LogP contribution in [0.2, 0.25) is 0 Å². The van der Waals surface area contributed by atoms with E-state index in [-0.39, 0.29) is 0 Å². The first-order valence-electron chi connectivity index (χ1n) is 23.1. The predicted octanol–water partition coefficient (Wildman–Crippen LogP) is 14.2. The van der Waals surface area contributed by atoms with E-state index in [1.165, 1.54) is 47.7 Å². The average Bonchev–Trinajstić information content (AvgIpc) is 3.81. The van der Waals surface area contributed by atoms with Crippen molar-refractivity contribution in [1.82, 2.24) is 9.97 Å². The number of fused-ring (bicyclic) bond motifs is 3. The van der Waals surface area contributed by atoms with E-state index in [2.05, 4.69) is 267 Å². The highest BCUT2D eigenvalue weighted by atomic mass is 32.1. The predicted molar refractivity (Wildman–Crippen MR) is 291 cm³/mol. The van der Waals surface area contributed by atoms with E-state index in [0.29, 0.717) is 5.82 Å². The second kappa shape index (κ2) is 17.8. The summed E-state index contributed by atoms with van der Waals surface area (Å²) >= 11 is 1.76. The maximum atomic E-state index is 5.31. The molecule has 0 aliphatic carbocycles. The van der Waals surface area contributed by atoms with Crippen molar-refractivity contribution < 1.29 is 0 Å². The summed E-state index contributed by atoms with van der Waals surface area (Å²) in [5.74, 6) is 0.716. The molecule has 0 unspecified atom stereocenters. The van der Waals surface area contributed by atoms with Crippen molar-refractivity contribution in [1.29, 1.82) is 0 Å². The maximum absolute atomic E-state index is 5.31. The van der Waals surface area contributed by atoms with Gasteiger partial charge in [-0.1, -0.05) is 249 Å². The van der Waals surface area contributed by atoms with Gasteiger partial charge in [-0.05, 0) is 83.5 Å². The Labute approximate surface area is 402 Å². The third-order valence-corrected chi connectivity index (χ3v) is 19.2. The third-order valence-electron chi connectivity index (χ3n) is 13.3. The molecular formula is C64H44N2SSi. The lowest BCUT2D eigenvalue weighted by Gasteiger charge is -2.34. The van der Waals surface area contributed by atoms with Crippen LogP contribution in [0.25, 0.3) is 87.5 Å². The molecule has 0 aliphatic heterocycles. The summed E-state index contributed by atoms with van der Waals surface area (Å²) < 4.78 is 2.32. The molecule has 68 heavy (non-hydrogen) atoms. The van der Waals surface area contributed by atoms with Gasteiger partial charge in [-0.25, -0.2) is 9.97 Å². The van der Waals surface area contributed by atoms with Crippen LogP contribution in [0, 0.1) is 0 Å². The Morgan fingerprint density at radius 1 is 0.309 bits per heavy atom. The summed E-state index contributed by atoms with van der Waals surface area (Å²) in [6.07, 6.45) is 0. The second-order valence-corrected chi connectivity index (χ2v) is 22.1. The van der Waals surface area contributed by atoms with Gasteiger partial charge in [-0.2, -0.15) is 0 Å². The van der Waals surface area contributed by atoms with Crippen molar-refractivity contribution in [2.24, 2.45) is 0 Å². The molecule has 2 aromatic heterocycles. The van der Waals surface area contributed by atoms with Crippen molar-refractivity contribution in [3.8, 4) is 67.2 Å². The molecule has 12 aromatic rings. The zero-order valence-electron chi connectivity index (χ0n) is 37.2. The maximum Gasteiger partial charge on any atom is 0.179 e. The van der Waals surface area contributed by atoms with Crippen molar-refractivity contribution in [2.45, 2.75) is 0 Å². The van der Waals surface area contributed by atoms with E-state index >= 15 is 0 Å². The minimum Gasteiger partial charge on any atom is -0.226 e. The monoisotopic (exact) mass is 900 g/mol. The van der Waals surface area contributed by atoms with Gasteiger partial charge in [0, 0.05) is 21.2 Å². The Bertz CT molecular complexity index is 3590. The number of nitrogens with zero attached hydrogens (tertiary/aromatic N) is 2. The molecular weight excluding hydrogens is 857 g/mol. The van der Waals surface area contributed by atoms with Crippen molar-refractivity contribution in [3.63, 3.8) is 0 Å². The number of rotatable bonds is 10. The Kier molecular flexibility index (Phi) is 10.8. The lowest BCUT2D eigenvalue weighted by Crippen LogP contribution is -2.74. The number of benzene rings is 10. The Balaban J connectivity index is 1.08. The van der Waals surface area contributed by atoms with Crippen LogP contribution in [-0.4, -0.2) is 18.0 Å². The largest absolute Gasteiger partial charge is 0.226 e. The summed E-state index contributed by atoms with van der Waals surface area (Å²) in [4.78, 5) is 10.6. The number of hydrogen-bond donors (Lipinski definition) is 0. The van der Waals surface area contributed by atoms with Gasteiger partial charge in [0.25, 0.3) is 0 Å². The van der Waals surface area contributed by atoms with Crippen molar-refractivity contribution in [3.05, 3.63) is 267 Å². The van der Waals surface area contributed by atoms with Gasteiger partial charge in [-0.15, -0.1) is 11.3 Å². The summed E-state index contributed by atoms with van der Waals surface area (Å²) in [5, 5.41) is 6.54. The highest BCUT2D eigenvalue weighted by molar-refractivity contribution is 7.26. The minimum absolute atomic E-state index is 0.716. The Morgan fingerprint density at radius 2 is 0.765 bits per heavy atom. The zero-order chi connectivity index (χ0) is 45.3. The summed E-state index contributed by atoms with van der Waals surface area (Å²) in [7, 11) is -2.82. The second-order valence-electron chi connectivity index (χ2n) is 17.2. The highest BCUT2D eigenvalue weighted by Crippen LogP contribution is 2.44. The molecule has 0 saturated carbocycles. The molecule has 2 heterocycles. The first-order valence-corrected chi connectivity index (χ1v) is 26.0. The molecule has 0 spiro atoms. The van der Waals surface area contributed by atoms with Gasteiger partial charge < -0.3 is 0 Å². The summed E-state index contributed by atoms with van der Waals surface area (Å²) in [5.41, 5.74) is 13.3. The smallest absolute Gasteiger partial charge is 0.179 e. The van der Waals surface area contributed by atoms with Crippen LogP contribution in [0.3, 0.4) is 0 Å². The van der Waals surface area contributed by atoms with Crippen LogP contribution in [0.15, 0.2) is 267 Å². The fourth-order valence-electron chi connectivity index (χ4n) is 10.1. The lowest BCUT2D eigenvalue weighted by atomic mass is 9.84. The molecule has 0 fully saturated rings. The van der Waals surface area contributed by atoms with Gasteiger partial charge >= 0.3 is 0 Å². The van der Waals surface area contributed by atoms with Crippen molar-refractivity contribution in [2.75, 3.05) is 0 Å². The van der Waals surface area contributed by atoms with Crippen LogP contribution >= 0.6 is 11.3 Å². The fourth-order valence-corrected chi connectivity index (χ4v) is 16.1. The topological polar surface area (TPSA) is 25.8 Å². The van der Waals surface area contributed by atoms with Gasteiger partial charge in [0.1, 0.15) is 0 Å². The quantitative estimate of drug-likeness (QED) is 0.101. The Hall–Kier alpha value is -8.28. The SMILES string of the molecule is c1ccc(-c2cc(-c3ccc(-c4nc(-c5ccccc5)c5sc6ccccc6c5n4)cc3)c(-c3ccccc3)c(-c3cccc([Si](c4ccccc4)(c4ccccc4)c4ccccc4)c3)c2)cc1. The third kappa shape index (κ3) is 7.37. The zero-order valence-corrected chi connectivity index (χ0v) is 39.0. The molecule has 0 radical (unpaired) electrons. The van der Waals surface area contributed by atoms with Crippen LogP contribution in [0.4, 0.5) is 0 Å². The lowest BCUT2D eigenvalue weighted by molar-refractivity contribution is 1.24. The molecule has 4 heteroatoms. The normalized spacial score (nSPS) is 11.5. The minimum atomic E-state index is -2.82. The van der Waals surface area contributed by atoms with E-state index in [4.69, 9.17) is 9.97 Å². The van der Waals surface area contributed by atoms with E-state index in [1.54, 1.807) is 11.3 Å². The first kappa shape index (κ1) is 41.2. The molecule has 0 aliphatic rings. The summed E-state index contributed by atoms with van der Waals surface area (Å²) in [6, 6.07) is 97.4. The van der Waals surface area contributed by atoms with Crippen LogP contribution < -0.4 is 20.7 Å². The Morgan fingerprint density at radius 3 is 1.35 bits per heavy atom. The molecule has 2 nitrogen and oxygen atoms in total. The molecule has 12 rings (SSSR count). The first-order chi connectivity index (χ1) is 33.7. The molecule has 0 bridgehead atoms. The number of hydrogen-bond acceptors (Lipinski definition) is 3. The van der Waals surface area contributed by atoms with Gasteiger partial charge in [0.15, 0.2) is 13.9 Å². The molecule has 0 N–H and O–H groups in total. The van der Waals surface area contributed by atoms with E-state index in [1.807, 2.05) is 0 Å². The van der Waals surface area contributed by atoms with E-state index in [0.717, 1.165) is 54.7 Å². The number of aromatic nitrogens is 2. The van der Waals surface area contributed by atoms with Crippen molar-refractivity contribution >= 4 is 60.5 Å². The number of thiophene rings is 1. The molecule has 10 aromatic carbocycles. The molecule has 0 atom stereocenters. The van der Waals surface area contributed by atoms with Gasteiger partial charge in [0.2, 0.25) is 0 Å². The average molecular weight is 901 g/mol. The summed E-state index contributed by atoms with van der Waals surface area (Å²) in [6.45, 7) is 0. The molecule has 320 valence electrons. The highest BCUT2D eigenvalue weighted by Gasteiger charge is 2.41. The van der Waals surface area contributed by atoms with E-state index in [9.17, 15) is 0 Å². The van der Waals surface area contributed by atoms with E-state index < -0.39 is 8.07 Å². The van der Waals surface area contributed by atoms with Crippen LogP contribution in [-0.2, 0) is 0 Å². The fraction of sp³-hybridized carbons (Fsp3) is 0. The van der Waals surface area contributed by atoms with Gasteiger partial charge in [0.05, 0.1) is 15.9 Å². The standard InChI is InChI=1S/C64H44N2SSi/c1-7-22-45(23-8-1)51-43-57(46-38-40-49(41-39-46)64-65-61(48-26-11-3-12-27-48)63-62(66-64)56-36-19-20-37-59(56)67-63)60(47-24-9-2-10-25-47)58(44-51)50-28-21-35-55(42-50)68(52-29-13-4-14-30-52,53-31-15-5-16-32-53)54-33-17-6-18-34-54/h1-44H. The molecule has 0 saturated heterocycles. The molecule has 0 amide bonds. The van der Waals surface area contributed by atoms with Crippen LogP contribution in [0.5, 0.6) is 0 Å². The van der Waals surface area contributed by atoms with Crippen LogP contribution in [0.1, 0.15) is 0 Å². The van der Waals surface area contributed by atoms with Gasteiger partial charge in [-0.3, -0.25) is 0 Å².